The number of rotatable bonds is 5. The number of hydrogen-bond donors (Lipinski definition) is 2. The third kappa shape index (κ3) is 4.90. The van der Waals surface area contributed by atoms with E-state index in [1.54, 1.807) is 18.5 Å². The van der Waals surface area contributed by atoms with E-state index in [1.807, 2.05) is 31.2 Å². The van der Waals surface area contributed by atoms with Crippen LogP contribution in [0.5, 0.6) is 0 Å². The Morgan fingerprint density at radius 1 is 1.20 bits per heavy atom. The van der Waals surface area contributed by atoms with Crippen molar-refractivity contribution in [2.45, 2.75) is 32.1 Å². The summed E-state index contributed by atoms with van der Waals surface area (Å²) in [5.74, 6) is -0.700. The van der Waals surface area contributed by atoms with E-state index >= 15 is 0 Å². The van der Waals surface area contributed by atoms with Crippen molar-refractivity contribution in [1.82, 2.24) is 19.7 Å². The molecule has 2 aromatic heterocycles. The van der Waals surface area contributed by atoms with Gasteiger partial charge in [0.25, 0.3) is 5.56 Å². The summed E-state index contributed by atoms with van der Waals surface area (Å²) in [5.41, 5.74) is 1.52. The Kier molecular flexibility index (Phi) is 6.01. The molecule has 158 valence electrons. The van der Waals surface area contributed by atoms with Crippen LogP contribution in [0.25, 0.3) is 5.69 Å². The van der Waals surface area contributed by atoms with Crippen LogP contribution >= 0.6 is 11.8 Å². The minimum absolute atomic E-state index is 0.237. The summed E-state index contributed by atoms with van der Waals surface area (Å²) < 4.78 is 40.0. The molecule has 11 heteroatoms. The summed E-state index contributed by atoms with van der Waals surface area (Å²) in [5, 5.41) is 6.88. The second kappa shape index (κ2) is 8.34. The molecule has 0 spiro atoms. The van der Waals surface area contributed by atoms with E-state index in [0.717, 1.165) is 11.3 Å². The zero-order valence-electron chi connectivity index (χ0n) is 16.3. The van der Waals surface area contributed by atoms with Crippen molar-refractivity contribution in [1.29, 1.82) is 0 Å². The zero-order chi connectivity index (χ0) is 22.1. The van der Waals surface area contributed by atoms with Crippen LogP contribution in [-0.4, -0.2) is 31.4 Å². The predicted octanol–water partition coefficient (Wildman–Crippen LogP) is 3.63. The van der Waals surface area contributed by atoms with Gasteiger partial charge < -0.3 is 10.3 Å². The number of anilines is 1. The number of carbonyl (C=O) groups excluding carboxylic acids is 1. The number of halogens is 3. The van der Waals surface area contributed by atoms with Gasteiger partial charge in [-0.15, -0.1) is 0 Å². The molecule has 0 fully saturated rings. The van der Waals surface area contributed by atoms with Crippen molar-refractivity contribution in [3.05, 3.63) is 63.3 Å². The SMILES string of the molecule is Cc1ccc(-n2nc(C)c(NC(=O)CSc3nc(C(F)(F)F)cc(=O)[nH]3)c2C)cc1. The average Bonchev–Trinajstić information content (AvgIpc) is 2.94. The minimum Gasteiger partial charge on any atom is -0.322 e. The Bertz CT molecular complexity index is 1140. The standard InChI is InChI=1S/C19H18F3N5O2S/c1-10-4-6-13(7-5-10)27-12(3)17(11(2)26-27)24-16(29)9-30-18-23-14(19(20,21)22)8-15(28)25-18/h4-8H,9H2,1-3H3,(H,24,29)(H,23,25,28). The number of H-pyrrole nitrogens is 1. The fourth-order valence-electron chi connectivity index (χ4n) is 2.72. The van der Waals surface area contributed by atoms with Gasteiger partial charge in [0.1, 0.15) is 0 Å². The molecule has 2 N–H and O–H groups in total. The van der Waals surface area contributed by atoms with E-state index in [2.05, 4.69) is 20.4 Å². The monoisotopic (exact) mass is 437 g/mol. The maximum Gasteiger partial charge on any atom is 0.433 e. The molecule has 0 bridgehead atoms. The van der Waals surface area contributed by atoms with Gasteiger partial charge in [-0.25, -0.2) is 9.67 Å². The summed E-state index contributed by atoms with van der Waals surface area (Å²) in [6, 6.07) is 8.08. The summed E-state index contributed by atoms with van der Waals surface area (Å²) in [4.78, 5) is 29.3. The van der Waals surface area contributed by atoms with Crippen molar-refractivity contribution < 1.29 is 18.0 Å². The van der Waals surface area contributed by atoms with E-state index in [1.165, 1.54) is 0 Å². The molecule has 0 atom stereocenters. The smallest absolute Gasteiger partial charge is 0.322 e. The second-order valence-corrected chi connectivity index (χ2v) is 7.53. The predicted molar refractivity (Wildman–Crippen MR) is 107 cm³/mol. The van der Waals surface area contributed by atoms with Crippen LogP contribution in [0.4, 0.5) is 18.9 Å². The number of hydrogen-bond acceptors (Lipinski definition) is 5. The lowest BCUT2D eigenvalue weighted by Crippen LogP contribution is -2.19. The first-order chi connectivity index (χ1) is 14.0. The van der Waals surface area contributed by atoms with Crippen molar-refractivity contribution in [2.24, 2.45) is 0 Å². The first-order valence-corrected chi connectivity index (χ1v) is 9.77. The van der Waals surface area contributed by atoms with Gasteiger partial charge in [-0.1, -0.05) is 29.5 Å². The highest BCUT2D eigenvalue weighted by Gasteiger charge is 2.33. The zero-order valence-corrected chi connectivity index (χ0v) is 17.1. The minimum atomic E-state index is -4.75. The lowest BCUT2D eigenvalue weighted by molar-refractivity contribution is -0.141. The molecule has 0 unspecified atom stereocenters. The maximum atomic E-state index is 12.8. The maximum absolute atomic E-state index is 12.8. The second-order valence-electron chi connectivity index (χ2n) is 6.56. The molecular weight excluding hydrogens is 419 g/mol. The van der Waals surface area contributed by atoms with Gasteiger partial charge >= 0.3 is 6.18 Å². The van der Waals surface area contributed by atoms with Crippen LogP contribution in [0.3, 0.4) is 0 Å². The number of nitrogens with one attached hydrogen (secondary N) is 2. The Hall–Kier alpha value is -3.08. The van der Waals surface area contributed by atoms with Gasteiger partial charge in [0.05, 0.1) is 28.5 Å². The number of carbonyl (C=O) groups is 1. The van der Waals surface area contributed by atoms with Crippen LogP contribution < -0.4 is 10.9 Å². The number of benzene rings is 1. The van der Waals surface area contributed by atoms with Crippen molar-refractivity contribution >= 4 is 23.4 Å². The van der Waals surface area contributed by atoms with E-state index in [0.29, 0.717) is 34.9 Å². The molecule has 0 aliphatic rings. The topological polar surface area (TPSA) is 92.7 Å². The summed E-state index contributed by atoms with van der Waals surface area (Å²) >= 11 is 0.703. The van der Waals surface area contributed by atoms with Gasteiger partial charge in [0.2, 0.25) is 5.91 Å². The molecule has 3 rings (SSSR count). The molecule has 0 radical (unpaired) electrons. The number of aromatic nitrogens is 4. The Morgan fingerprint density at radius 2 is 1.87 bits per heavy atom. The molecule has 0 aliphatic carbocycles. The highest BCUT2D eigenvalue weighted by atomic mass is 32.2. The first kappa shape index (κ1) is 21.6. The van der Waals surface area contributed by atoms with Crippen molar-refractivity contribution in [3.63, 3.8) is 0 Å². The Balaban J connectivity index is 1.72. The van der Waals surface area contributed by atoms with E-state index in [-0.39, 0.29) is 10.9 Å². The van der Waals surface area contributed by atoms with E-state index in [4.69, 9.17) is 0 Å². The van der Waals surface area contributed by atoms with Crippen LogP contribution in [0.15, 0.2) is 40.3 Å². The first-order valence-electron chi connectivity index (χ1n) is 8.79. The molecule has 0 aliphatic heterocycles. The lowest BCUT2D eigenvalue weighted by Gasteiger charge is -2.08. The van der Waals surface area contributed by atoms with Crippen LogP contribution in [0, 0.1) is 20.8 Å². The number of alkyl halides is 3. The number of aromatic amines is 1. The number of thioether (sulfide) groups is 1. The molecule has 2 heterocycles. The molecule has 0 saturated heterocycles. The third-order valence-corrected chi connectivity index (χ3v) is 5.06. The molecule has 7 nitrogen and oxygen atoms in total. The van der Waals surface area contributed by atoms with Gasteiger partial charge in [0.15, 0.2) is 10.9 Å². The van der Waals surface area contributed by atoms with Crippen molar-refractivity contribution in [3.8, 4) is 5.69 Å². The van der Waals surface area contributed by atoms with Gasteiger partial charge in [-0.3, -0.25) is 9.59 Å². The normalized spacial score (nSPS) is 11.5. The molecular formula is C19H18F3N5O2S. The molecule has 1 amide bonds. The highest BCUT2D eigenvalue weighted by Crippen LogP contribution is 2.28. The van der Waals surface area contributed by atoms with Crippen molar-refractivity contribution in [2.75, 3.05) is 11.1 Å². The lowest BCUT2D eigenvalue weighted by atomic mass is 10.2. The average molecular weight is 437 g/mol. The van der Waals surface area contributed by atoms with E-state index in [9.17, 15) is 22.8 Å². The highest BCUT2D eigenvalue weighted by molar-refractivity contribution is 7.99. The number of nitrogens with zero attached hydrogens (tertiary/aromatic N) is 3. The Labute approximate surface area is 173 Å². The third-order valence-electron chi connectivity index (χ3n) is 4.18. The fraction of sp³-hybridized carbons (Fsp3) is 0.263. The molecule has 30 heavy (non-hydrogen) atoms. The molecule has 3 aromatic rings. The van der Waals surface area contributed by atoms with Crippen LogP contribution in [0.1, 0.15) is 22.6 Å². The van der Waals surface area contributed by atoms with Gasteiger partial charge in [-0.05, 0) is 32.9 Å². The number of amides is 1. The van der Waals surface area contributed by atoms with Crippen LogP contribution in [-0.2, 0) is 11.0 Å². The fourth-order valence-corrected chi connectivity index (χ4v) is 3.39. The molecule has 1 aromatic carbocycles. The van der Waals surface area contributed by atoms with Gasteiger partial charge in [0, 0.05) is 6.07 Å². The summed E-state index contributed by atoms with van der Waals surface area (Å²) in [6.07, 6.45) is -4.75. The van der Waals surface area contributed by atoms with Crippen LogP contribution in [0.2, 0.25) is 0 Å². The van der Waals surface area contributed by atoms with Gasteiger partial charge in [-0.2, -0.15) is 18.3 Å². The molecule has 0 saturated carbocycles. The Morgan fingerprint density at radius 3 is 2.50 bits per heavy atom. The largest absolute Gasteiger partial charge is 0.433 e. The number of aryl methyl sites for hydroxylation is 2. The quantitative estimate of drug-likeness (QED) is 0.470. The van der Waals surface area contributed by atoms with E-state index < -0.39 is 23.3 Å². The summed E-state index contributed by atoms with van der Waals surface area (Å²) in [7, 11) is 0. The summed E-state index contributed by atoms with van der Waals surface area (Å²) in [6.45, 7) is 5.52.